The first-order valence-corrected chi connectivity index (χ1v) is 28.6. The zero-order valence-corrected chi connectivity index (χ0v) is 36.2. The van der Waals surface area contributed by atoms with Crippen molar-refractivity contribution in [1.29, 1.82) is 0 Å². The molecule has 0 fully saturated rings. The fourth-order valence-corrected chi connectivity index (χ4v) is 28.1. The molecule has 0 unspecified atom stereocenters. The van der Waals surface area contributed by atoms with E-state index in [0.717, 1.165) is 14.3 Å². The van der Waals surface area contributed by atoms with Crippen LogP contribution in [0, 0.1) is 21.0 Å². The van der Waals surface area contributed by atoms with Gasteiger partial charge >= 0.3 is 315 Å². The molecule has 5 heteroatoms. The molecule has 2 aliphatic rings. The van der Waals surface area contributed by atoms with Crippen LogP contribution in [0.15, 0.2) is 97.1 Å². The van der Waals surface area contributed by atoms with Crippen LogP contribution in [0.5, 0.6) is 0 Å². The Kier molecular flexibility index (Phi) is 9.27. The summed E-state index contributed by atoms with van der Waals surface area (Å²) in [5.41, 5.74) is 12.7. The van der Waals surface area contributed by atoms with Crippen molar-refractivity contribution in [3.8, 4) is 11.1 Å². The molecule has 0 bridgehead atoms. The number of benzene rings is 4. The molecular formula is C41H42Cl2I2Zr. The van der Waals surface area contributed by atoms with Crippen LogP contribution in [-0.4, -0.2) is 3.21 Å². The Hall–Kier alpha value is -0.847. The summed E-state index contributed by atoms with van der Waals surface area (Å²) in [5, 5.41) is 0. The maximum atomic E-state index is 8.77. The monoisotopic (exact) mass is 948 g/mol. The molecule has 238 valence electrons. The van der Waals surface area contributed by atoms with Crippen molar-refractivity contribution < 1.29 is 15.9 Å². The number of halogens is 4. The van der Waals surface area contributed by atoms with Gasteiger partial charge in [-0.3, -0.25) is 0 Å². The van der Waals surface area contributed by atoms with Gasteiger partial charge in [0.1, 0.15) is 0 Å². The molecule has 0 nitrogen and oxygen atoms in total. The second kappa shape index (κ2) is 12.2. The maximum absolute atomic E-state index is 8.77. The van der Waals surface area contributed by atoms with Gasteiger partial charge in [-0.25, -0.2) is 0 Å². The number of hydrogen-bond donors (Lipinski definition) is 0. The summed E-state index contributed by atoms with van der Waals surface area (Å²) in [7, 11) is 17.5. The number of aryl methyl sites for hydroxylation is 2. The third-order valence-corrected chi connectivity index (χ3v) is 31.0. The Bertz CT molecular complexity index is 1870. The number of rotatable bonds is 4. The van der Waals surface area contributed by atoms with E-state index in [4.69, 9.17) is 17.0 Å². The fourth-order valence-electron chi connectivity index (χ4n) is 8.00. The van der Waals surface area contributed by atoms with Crippen molar-refractivity contribution in [2.45, 2.75) is 73.5 Å². The average Bonchev–Trinajstić information content (AvgIpc) is 3.61. The van der Waals surface area contributed by atoms with Crippen molar-refractivity contribution >= 4 is 65.4 Å². The summed E-state index contributed by atoms with van der Waals surface area (Å²) in [6.45, 7) is 18.4. The van der Waals surface area contributed by atoms with E-state index >= 15 is 0 Å². The van der Waals surface area contributed by atoms with Gasteiger partial charge < -0.3 is 0 Å². The van der Waals surface area contributed by atoms with Crippen molar-refractivity contribution in [1.82, 2.24) is 0 Å². The van der Waals surface area contributed by atoms with Gasteiger partial charge in [0, 0.05) is 0 Å². The van der Waals surface area contributed by atoms with Gasteiger partial charge in [-0.1, -0.05) is 0 Å². The van der Waals surface area contributed by atoms with Crippen molar-refractivity contribution in [2.75, 3.05) is 0 Å². The molecule has 0 aliphatic heterocycles. The molecule has 0 heterocycles. The molecule has 0 spiro atoms. The minimum absolute atomic E-state index is 0.00541. The van der Waals surface area contributed by atoms with Gasteiger partial charge in [0.25, 0.3) is 0 Å². The van der Waals surface area contributed by atoms with Gasteiger partial charge in [-0.05, 0) is 0 Å². The molecule has 0 atom stereocenters. The average molecular weight is 951 g/mol. The van der Waals surface area contributed by atoms with Crippen LogP contribution in [0.4, 0.5) is 0 Å². The summed E-state index contributed by atoms with van der Waals surface area (Å²) >= 11 is -0.619. The van der Waals surface area contributed by atoms with E-state index in [1.807, 2.05) is 0 Å². The molecule has 4 aromatic rings. The second-order valence-corrected chi connectivity index (χ2v) is 38.5. The SMILES string of the molecule is Cc1cc2c(cc1C(C)(C)C)-c1cc(C(C)(C)C)c(C)cc1[CH]2[Zr]([Cl])([Cl])(=[C](c1ccc(I)cc1)c1ccc(I)cc1)[CH]1C=CC=C1. The molecule has 46 heavy (non-hydrogen) atoms. The molecule has 0 amide bonds. The van der Waals surface area contributed by atoms with Gasteiger partial charge in [0.15, 0.2) is 0 Å². The number of allylic oxidation sites excluding steroid dienone is 4. The fraction of sp³-hybridized carbons (Fsp3) is 0.293. The minimum atomic E-state index is -5.39. The molecule has 2 aliphatic carbocycles. The zero-order chi connectivity index (χ0) is 33.4. The van der Waals surface area contributed by atoms with Gasteiger partial charge in [0.05, 0.1) is 0 Å². The topological polar surface area (TPSA) is 0 Å². The molecule has 0 N–H and O–H groups in total. The Morgan fingerprint density at radius 3 is 1.33 bits per heavy atom. The summed E-state index contributed by atoms with van der Waals surface area (Å²) in [4.78, 5) is 0. The molecular weight excluding hydrogens is 908 g/mol. The molecule has 0 saturated heterocycles. The van der Waals surface area contributed by atoms with Crippen LogP contribution >= 0.6 is 62.2 Å². The Labute approximate surface area is 311 Å². The van der Waals surface area contributed by atoms with E-state index in [2.05, 4.69) is 198 Å². The quantitative estimate of drug-likeness (QED) is 0.179. The molecule has 0 aromatic heterocycles. The van der Waals surface area contributed by atoms with Crippen LogP contribution in [0.3, 0.4) is 0 Å². The second-order valence-electron chi connectivity index (χ2n) is 15.3. The summed E-state index contributed by atoms with van der Waals surface area (Å²) < 4.78 is 3.30. The van der Waals surface area contributed by atoms with Crippen molar-refractivity contribution in [3.05, 3.63) is 149 Å². The predicted octanol–water partition coefficient (Wildman–Crippen LogP) is 13.4. The molecule has 6 rings (SSSR count). The van der Waals surface area contributed by atoms with E-state index in [0.29, 0.717) is 0 Å². The van der Waals surface area contributed by atoms with E-state index in [9.17, 15) is 0 Å². The Balaban J connectivity index is 1.85. The number of hydrogen-bond acceptors (Lipinski definition) is 0. The Morgan fingerprint density at radius 2 is 0.978 bits per heavy atom. The standard InChI is InChI=1S/C23H29.C13H8I2.C5H5.2ClH.Zr/c1-14-9-16-11-17-10-15(2)21(23(6,7)8)13-19(17)18(16)12-20(14)22(3,4)5;14-12-5-1-10(2-6-12)9-11-3-7-13(15)8-4-11;1-2-4-5-3-1;;;/h9-13H,1-8H3;1-8H;1-5H;2*1H;/q;;;;;+2/p-2. The van der Waals surface area contributed by atoms with Crippen molar-refractivity contribution in [3.63, 3.8) is 0 Å². The Morgan fingerprint density at radius 1 is 0.609 bits per heavy atom. The van der Waals surface area contributed by atoms with E-state index in [-0.39, 0.29) is 18.1 Å². The van der Waals surface area contributed by atoms with Gasteiger partial charge in [0.2, 0.25) is 0 Å². The van der Waals surface area contributed by atoms with E-state index in [1.165, 1.54) is 51.6 Å². The summed E-state index contributed by atoms with van der Waals surface area (Å²) in [5.74, 6) is 0. The predicted molar refractivity (Wildman–Crippen MR) is 216 cm³/mol. The molecule has 0 saturated carbocycles. The first-order valence-electron chi connectivity index (χ1n) is 16.0. The first kappa shape index (κ1) is 35.0. The van der Waals surface area contributed by atoms with Gasteiger partial charge in [-0.2, -0.15) is 0 Å². The van der Waals surface area contributed by atoms with Crippen LogP contribution in [-0.2, 0) is 26.7 Å². The van der Waals surface area contributed by atoms with Crippen LogP contribution in [0.25, 0.3) is 11.1 Å². The first-order chi connectivity index (χ1) is 21.4. The zero-order valence-electron chi connectivity index (χ0n) is 27.9. The van der Waals surface area contributed by atoms with Crippen LogP contribution < -0.4 is 0 Å². The summed E-state index contributed by atoms with van der Waals surface area (Å²) in [6.07, 6.45) is 8.83. The molecule has 4 aromatic carbocycles. The summed E-state index contributed by atoms with van der Waals surface area (Å²) in [6, 6.07) is 27.5. The van der Waals surface area contributed by atoms with Crippen molar-refractivity contribution in [2.24, 2.45) is 0 Å². The normalized spacial score (nSPS) is 15.4. The van der Waals surface area contributed by atoms with Crippen LogP contribution in [0.1, 0.15) is 89.7 Å². The third-order valence-electron chi connectivity index (χ3n) is 9.95. The van der Waals surface area contributed by atoms with Crippen LogP contribution in [0.2, 0.25) is 3.63 Å². The van der Waals surface area contributed by atoms with Gasteiger partial charge in [-0.15, -0.1) is 0 Å². The van der Waals surface area contributed by atoms with E-state index < -0.39 is 15.9 Å². The van der Waals surface area contributed by atoms with E-state index in [1.54, 1.807) is 0 Å². The molecule has 0 radical (unpaired) electrons. The number of fused-ring (bicyclic) bond motifs is 3. The third kappa shape index (κ3) is 5.88.